The van der Waals surface area contributed by atoms with E-state index in [0.29, 0.717) is 0 Å². The molecule has 10 rings (SSSR count). The summed E-state index contributed by atoms with van der Waals surface area (Å²) in [6.07, 6.45) is -0.359. The molecule has 242 valence electrons. The lowest BCUT2D eigenvalue weighted by Gasteiger charge is -2.34. The topological polar surface area (TPSA) is 32.9 Å². The third-order valence-corrected chi connectivity index (χ3v) is 11.3. The molecule has 0 fully saturated rings. The molecule has 0 radical (unpaired) electrons. The summed E-state index contributed by atoms with van der Waals surface area (Å²) in [6.45, 7) is 0. The largest absolute Gasteiger partial charge is 0.320 e. The summed E-state index contributed by atoms with van der Waals surface area (Å²) >= 11 is 1.87. The van der Waals surface area contributed by atoms with Gasteiger partial charge in [-0.2, -0.15) is 0 Å². The third kappa shape index (κ3) is 4.89. The van der Waals surface area contributed by atoms with Crippen molar-refractivity contribution in [2.45, 2.75) is 6.29 Å². The van der Waals surface area contributed by atoms with E-state index in [2.05, 4.69) is 162 Å². The fourth-order valence-electron chi connectivity index (χ4n) is 7.60. The number of rotatable bonds is 5. The first-order chi connectivity index (χ1) is 25.2. The van der Waals surface area contributed by atoms with Gasteiger partial charge in [-0.25, -0.2) is 9.98 Å². The number of benzene rings is 7. The standard InChI is InChI=1S/C46H32N4S/c1-49-45(31-16-6-3-7-17-31)47-44(30-14-4-2-5-15-30)48-46(49)50-40-24-10-8-20-36(40)37-27-26-33(29-41(37)50)32-18-12-19-34(28-32)35-22-13-23-39-38-21-9-11-25-42(38)51-43(35)39/h2-29,46H,1H3. The summed E-state index contributed by atoms with van der Waals surface area (Å²) in [5, 5.41) is 5.04. The molecule has 1 unspecified atom stereocenters. The molecule has 5 heteroatoms. The average Bonchev–Trinajstić information content (AvgIpc) is 3.74. The first-order valence-corrected chi connectivity index (χ1v) is 18.1. The number of nitrogens with zero attached hydrogens (tertiary/aromatic N) is 4. The molecule has 1 atom stereocenters. The molecule has 0 N–H and O–H groups in total. The molecule has 7 aromatic carbocycles. The van der Waals surface area contributed by atoms with Crippen molar-refractivity contribution in [1.82, 2.24) is 9.47 Å². The van der Waals surface area contributed by atoms with Gasteiger partial charge < -0.3 is 9.47 Å². The monoisotopic (exact) mass is 672 g/mol. The number of aliphatic imine (C=N–C) groups is 2. The van der Waals surface area contributed by atoms with Gasteiger partial charge in [-0.15, -0.1) is 11.3 Å². The molecule has 9 aromatic rings. The summed E-state index contributed by atoms with van der Waals surface area (Å²) in [7, 11) is 2.10. The third-order valence-electron chi connectivity index (χ3n) is 10.0. The van der Waals surface area contributed by atoms with E-state index >= 15 is 0 Å². The Kier molecular flexibility index (Phi) is 6.93. The van der Waals surface area contributed by atoms with E-state index in [4.69, 9.17) is 9.98 Å². The smallest absolute Gasteiger partial charge is 0.206 e. The van der Waals surface area contributed by atoms with E-state index in [9.17, 15) is 0 Å². The van der Waals surface area contributed by atoms with Crippen LogP contribution in [0, 0.1) is 0 Å². The first-order valence-electron chi connectivity index (χ1n) is 17.3. The lowest BCUT2D eigenvalue weighted by atomic mass is 9.97. The van der Waals surface area contributed by atoms with Crippen molar-refractivity contribution in [3.63, 3.8) is 0 Å². The molecule has 0 bridgehead atoms. The van der Waals surface area contributed by atoms with E-state index in [1.165, 1.54) is 53.2 Å². The highest BCUT2D eigenvalue weighted by Crippen LogP contribution is 2.42. The van der Waals surface area contributed by atoms with Crippen LogP contribution in [0.2, 0.25) is 0 Å². The molecule has 1 aliphatic heterocycles. The molecule has 0 saturated carbocycles. The Morgan fingerprint density at radius 3 is 1.96 bits per heavy atom. The lowest BCUT2D eigenvalue weighted by Crippen LogP contribution is -2.38. The maximum absolute atomic E-state index is 5.37. The van der Waals surface area contributed by atoms with Crippen molar-refractivity contribution in [2.75, 3.05) is 7.05 Å². The van der Waals surface area contributed by atoms with E-state index in [1.54, 1.807) is 0 Å². The van der Waals surface area contributed by atoms with Crippen molar-refractivity contribution >= 4 is 65.0 Å². The molecule has 2 aromatic heterocycles. The van der Waals surface area contributed by atoms with E-state index in [0.717, 1.165) is 33.8 Å². The predicted molar refractivity (Wildman–Crippen MR) is 216 cm³/mol. The Hall–Kier alpha value is -6.30. The van der Waals surface area contributed by atoms with Gasteiger partial charge in [0.1, 0.15) is 5.84 Å². The summed E-state index contributed by atoms with van der Waals surface area (Å²) in [4.78, 5) is 12.7. The molecule has 0 amide bonds. The number of thiophene rings is 1. The lowest BCUT2D eigenvalue weighted by molar-refractivity contribution is 0.297. The predicted octanol–water partition coefficient (Wildman–Crippen LogP) is 11.8. The van der Waals surface area contributed by atoms with Crippen LogP contribution >= 0.6 is 11.3 Å². The zero-order chi connectivity index (χ0) is 33.9. The second-order valence-corrected chi connectivity index (χ2v) is 14.1. The second kappa shape index (κ2) is 11.9. The molecule has 0 spiro atoms. The highest BCUT2D eigenvalue weighted by atomic mass is 32.1. The summed E-state index contributed by atoms with van der Waals surface area (Å²) < 4.78 is 5.03. The molecule has 1 aliphatic rings. The van der Waals surface area contributed by atoms with E-state index in [1.807, 2.05) is 35.6 Å². The highest BCUT2D eigenvalue weighted by molar-refractivity contribution is 7.26. The van der Waals surface area contributed by atoms with E-state index in [-0.39, 0.29) is 6.29 Å². The minimum Gasteiger partial charge on any atom is -0.320 e. The number of hydrogen-bond donors (Lipinski definition) is 0. The minimum atomic E-state index is -0.359. The molecular formula is C46H32N4S. The Balaban J connectivity index is 1.15. The Labute approximate surface area is 299 Å². The van der Waals surface area contributed by atoms with Crippen molar-refractivity contribution in [2.24, 2.45) is 9.98 Å². The van der Waals surface area contributed by atoms with Crippen LogP contribution in [-0.2, 0) is 0 Å². The molecule has 51 heavy (non-hydrogen) atoms. The maximum atomic E-state index is 5.37. The zero-order valence-corrected chi connectivity index (χ0v) is 28.8. The van der Waals surface area contributed by atoms with Gasteiger partial charge in [-0.1, -0.05) is 146 Å². The van der Waals surface area contributed by atoms with Crippen LogP contribution < -0.4 is 0 Å². The molecule has 0 saturated heterocycles. The SMILES string of the molecule is CN1C(c2ccccc2)=NC(c2ccccc2)=NC1n1c2ccccc2c2ccc(-c3cccc(-c4cccc5c4sc4ccccc45)c3)cc21. The molecular weight excluding hydrogens is 641 g/mol. The van der Waals surface area contributed by atoms with Crippen molar-refractivity contribution < 1.29 is 0 Å². The Morgan fingerprint density at radius 1 is 0.490 bits per heavy atom. The van der Waals surface area contributed by atoms with Gasteiger partial charge in [0.05, 0.1) is 11.0 Å². The number of amidine groups is 2. The van der Waals surface area contributed by atoms with Gasteiger partial charge in [0.25, 0.3) is 0 Å². The van der Waals surface area contributed by atoms with Crippen LogP contribution in [0.4, 0.5) is 0 Å². The Morgan fingerprint density at radius 2 is 1.12 bits per heavy atom. The summed E-state index contributed by atoms with van der Waals surface area (Å²) in [5.74, 6) is 1.61. The van der Waals surface area contributed by atoms with Crippen molar-refractivity contribution in [1.29, 1.82) is 0 Å². The highest BCUT2D eigenvalue weighted by Gasteiger charge is 2.29. The van der Waals surface area contributed by atoms with Crippen LogP contribution in [-0.4, -0.2) is 28.2 Å². The van der Waals surface area contributed by atoms with Gasteiger partial charge in [-0.05, 0) is 46.5 Å². The fraction of sp³-hybridized carbons (Fsp3) is 0.0435. The second-order valence-electron chi connectivity index (χ2n) is 13.1. The van der Waals surface area contributed by atoms with Crippen molar-refractivity contribution in [3.05, 3.63) is 181 Å². The molecule has 0 aliphatic carbocycles. The van der Waals surface area contributed by atoms with Crippen LogP contribution in [0.5, 0.6) is 0 Å². The van der Waals surface area contributed by atoms with Gasteiger partial charge in [-0.3, -0.25) is 0 Å². The van der Waals surface area contributed by atoms with Crippen molar-refractivity contribution in [3.8, 4) is 22.3 Å². The minimum absolute atomic E-state index is 0.359. The molecule has 4 nitrogen and oxygen atoms in total. The van der Waals surface area contributed by atoms with Crippen LogP contribution in [0.15, 0.2) is 180 Å². The zero-order valence-electron chi connectivity index (χ0n) is 27.9. The summed E-state index contributed by atoms with van der Waals surface area (Å²) in [5.41, 5.74) is 9.16. The fourth-order valence-corrected chi connectivity index (χ4v) is 8.83. The number of fused-ring (bicyclic) bond motifs is 6. The van der Waals surface area contributed by atoms with Gasteiger partial charge in [0.2, 0.25) is 6.29 Å². The number of para-hydroxylation sites is 1. The average molecular weight is 673 g/mol. The normalized spacial score (nSPS) is 14.8. The number of hydrogen-bond acceptors (Lipinski definition) is 4. The Bertz CT molecular complexity index is 2830. The first kappa shape index (κ1) is 29.6. The van der Waals surface area contributed by atoms with Gasteiger partial charge in [0.15, 0.2) is 5.84 Å². The quantitative estimate of drug-likeness (QED) is 0.179. The van der Waals surface area contributed by atoms with Gasteiger partial charge in [0, 0.05) is 49.1 Å². The van der Waals surface area contributed by atoms with Crippen LogP contribution in [0.25, 0.3) is 64.2 Å². The van der Waals surface area contributed by atoms with E-state index < -0.39 is 0 Å². The number of aromatic nitrogens is 1. The molecule has 3 heterocycles. The van der Waals surface area contributed by atoms with Gasteiger partial charge >= 0.3 is 0 Å². The van der Waals surface area contributed by atoms with Crippen LogP contribution in [0.1, 0.15) is 17.4 Å². The van der Waals surface area contributed by atoms with Crippen LogP contribution in [0.3, 0.4) is 0 Å². The summed E-state index contributed by atoms with van der Waals surface area (Å²) in [6, 6.07) is 60.7. The maximum Gasteiger partial charge on any atom is 0.206 e.